The highest BCUT2D eigenvalue weighted by Crippen LogP contribution is 2.24. The normalized spacial score (nSPS) is 16.2. The van der Waals surface area contributed by atoms with Gasteiger partial charge in [0.15, 0.2) is 5.96 Å². The fraction of sp³-hybridized carbons (Fsp3) is 0.522. The SMILES string of the molecule is CN=C(NCCCc1nn(-c2ccc(F)cc2)c(N)c1C#N)N1CCC(CC(C)C)C1.I. The van der Waals surface area contributed by atoms with E-state index < -0.39 is 0 Å². The van der Waals surface area contributed by atoms with Crippen molar-refractivity contribution in [2.45, 2.75) is 39.5 Å². The number of nitrogen functional groups attached to an aromatic ring is 1. The van der Waals surface area contributed by atoms with Crippen LogP contribution in [0.15, 0.2) is 29.3 Å². The largest absolute Gasteiger partial charge is 0.382 e. The molecule has 1 aliphatic heterocycles. The molecule has 1 unspecified atom stereocenters. The number of aryl methyl sites for hydroxylation is 1. The monoisotopic (exact) mass is 553 g/mol. The molecule has 7 nitrogen and oxygen atoms in total. The van der Waals surface area contributed by atoms with E-state index in [1.807, 2.05) is 7.05 Å². The van der Waals surface area contributed by atoms with Gasteiger partial charge in [0.25, 0.3) is 0 Å². The van der Waals surface area contributed by atoms with E-state index in [2.05, 4.69) is 40.2 Å². The number of aromatic nitrogens is 2. The number of hydrogen-bond donors (Lipinski definition) is 2. The van der Waals surface area contributed by atoms with Gasteiger partial charge in [0, 0.05) is 26.7 Å². The van der Waals surface area contributed by atoms with Crippen LogP contribution in [0.5, 0.6) is 0 Å². The van der Waals surface area contributed by atoms with Crippen LogP contribution in [-0.2, 0) is 6.42 Å². The second kappa shape index (κ2) is 12.0. The average Bonchev–Trinajstić information content (AvgIpc) is 3.32. The molecule has 2 heterocycles. The van der Waals surface area contributed by atoms with Crippen LogP contribution < -0.4 is 11.1 Å². The highest BCUT2D eigenvalue weighted by atomic mass is 127. The van der Waals surface area contributed by atoms with Crippen molar-refractivity contribution >= 4 is 35.8 Å². The van der Waals surface area contributed by atoms with Crippen LogP contribution in [0.4, 0.5) is 10.2 Å². The average molecular weight is 553 g/mol. The number of rotatable bonds is 7. The predicted molar refractivity (Wildman–Crippen MR) is 137 cm³/mol. The lowest BCUT2D eigenvalue weighted by molar-refractivity contribution is 0.403. The van der Waals surface area contributed by atoms with Crippen molar-refractivity contribution in [1.29, 1.82) is 5.26 Å². The zero-order valence-corrected chi connectivity index (χ0v) is 21.3. The molecule has 3 rings (SSSR count). The highest BCUT2D eigenvalue weighted by molar-refractivity contribution is 14.0. The molecular weight excluding hydrogens is 520 g/mol. The molecule has 32 heavy (non-hydrogen) atoms. The molecule has 2 aromatic rings. The number of benzene rings is 1. The van der Waals surface area contributed by atoms with Gasteiger partial charge in [-0.05, 0) is 61.8 Å². The van der Waals surface area contributed by atoms with Gasteiger partial charge < -0.3 is 16.0 Å². The Labute approximate surface area is 206 Å². The number of halogens is 2. The summed E-state index contributed by atoms with van der Waals surface area (Å²) in [5.41, 5.74) is 7.79. The summed E-state index contributed by atoms with van der Waals surface area (Å²) >= 11 is 0. The lowest BCUT2D eigenvalue weighted by Crippen LogP contribution is -2.40. The number of likely N-dealkylation sites (tertiary alicyclic amines) is 1. The van der Waals surface area contributed by atoms with Crippen LogP contribution in [0.3, 0.4) is 0 Å². The summed E-state index contributed by atoms with van der Waals surface area (Å²) in [6.07, 6.45) is 3.87. The molecule has 0 aliphatic carbocycles. The Morgan fingerprint density at radius 2 is 2.09 bits per heavy atom. The number of nitrogens with two attached hydrogens (primary N) is 1. The molecule has 3 N–H and O–H groups in total. The molecule has 1 fully saturated rings. The lowest BCUT2D eigenvalue weighted by Gasteiger charge is -2.22. The Morgan fingerprint density at radius 1 is 1.38 bits per heavy atom. The van der Waals surface area contributed by atoms with Crippen LogP contribution in [0.2, 0.25) is 0 Å². The summed E-state index contributed by atoms with van der Waals surface area (Å²) < 4.78 is 14.7. The van der Waals surface area contributed by atoms with Gasteiger partial charge in [-0.1, -0.05) is 13.8 Å². The number of nitriles is 1. The summed E-state index contributed by atoms with van der Waals surface area (Å²) in [5, 5.41) is 17.5. The van der Waals surface area contributed by atoms with E-state index in [4.69, 9.17) is 5.73 Å². The van der Waals surface area contributed by atoms with Crippen molar-refractivity contribution in [2.75, 3.05) is 32.4 Å². The van der Waals surface area contributed by atoms with Gasteiger partial charge in [0.05, 0.1) is 11.4 Å². The Hall–Kier alpha value is -2.35. The van der Waals surface area contributed by atoms with E-state index in [-0.39, 0.29) is 35.6 Å². The maximum Gasteiger partial charge on any atom is 0.193 e. The standard InChI is InChI=1S/C23H32FN7.HI/c1-16(2)13-17-10-12-30(15-17)23(27-3)28-11-4-5-21-20(14-25)22(26)31(29-21)19-8-6-18(24)7-9-19;/h6-9,16-17H,4-5,10-13,15,26H2,1-3H3,(H,27,28);1H. The lowest BCUT2D eigenvalue weighted by atomic mass is 9.97. The van der Waals surface area contributed by atoms with Gasteiger partial charge in [0.1, 0.15) is 23.3 Å². The van der Waals surface area contributed by atoms with Crippen molar-refractivity contribution in [1.82, 2.24) is 20.0 Å². The number of aliphatic imine (C=N–C) groups is 1. The van der Waals surface area contributed by atoms with Crippen molar-refractivity contribution in [3.05, 3.63) is 41.3 Å². The molecule has 0 radical (unpaired) electrons. The van der Waals surface area contributed by atoms with Crippen LogP contribution in [0.1, 0.15) is 44.4 Å². The highest BCUT2D eigenvalue weighted by Gasteiger charge is 2.25. The molecule has 0 amide bonds. The number of anilines is 1. The van der Waals surface area contributed by atoms with Gasteiger partial charge >= 0.3 is 0 Å². The molecule has 9 heteroatoms. The zero-order valence-electron chi connectivity index (χ0n) is 19.0. The van der Waals surface area contributed by atoms with Gasteiger partial charge in [-0.3, -0.25) is 4.99 Å². The number of nitrogens with zero attached hydrogens (tertiary/aromatic N) is 5. The van der Waals surface area contributed by atoms with E-state index in [1.54, 1.807) is 12.1 Å². The Bertz CT molecular complexity index is 946. The first-order valence-corrected chi connectivity index (χ1v) is 10.9. The van der Waals surface area contributed by atoms with Crippen LogP contribution in [-0.4, -0.2) is 47.3 Å². The summed E-state index contributed by atoms with van der Waals surface area (Å²) in [6.45, 7) is 7.36. The van der Waals surface area contributed by atoms with Gasteiger partial charge in [-0.25, -0.2) is 9.07 Å². The quantitative estimate of drug-likeness (QED) is 0.234. The van der Waals surface area contributed by atoms with Crippen LogP contribution >= 0.6 is 24.0 Å². The first-order chi connectivity index (χ1) is 14.9. The van der Waals surface area contributed by atoms with Crippen LogP contribution in [0.25, 0.3) is 5.69 Å². The van der Waals surface area contributed by atoms with Gasteiger partial charge in [-0.15, -0.1) is 24.0 Å². The van der Waals surface area contributed by atoms with E-state index in [1.165, 1.54) is 29.7 Å². The van der Waals surface area contributed by atoms with Crippen molar-refractivity contribution in [2.24, 2.45) is 16.8 Å². The smallest absolute Gasteiger partial charge is 0.193 e. The predicted octanol–water partition coefficient (Wildman–Crippen LogP) is 3.96. The molecule has 1 aromatic carbocycles. The third-order valence-electron chi connectivity index (χ3n) is 5.65. The molecule has 1 aliphatic rings. The minimum absolute atomic E-state index is 0. The summed E-state index contributed by atoms with van der Waals surface area (Å²) in [5.74, 6) is 2.33. The minimum atomic E-state index is -0.330. The molecule has 0 saturated carbocycles. The third-order valence-corrected chi connectivity index (χ3v) is 5.65. The fourth-order valence-electron chi connectivity index (χ4n) is 4.23. The van der Waals surface area contributed by atoms with Crippen molar-refractivity contribution in [3.63, 3.8) is 0 Å². The maximum absolute atomic E-state index is 13.2. The molecule has 1 aromatic heterocycles. The van der Waals surface area contributed by atoms with Crippen LogP contribution in [0, 0.1) is 29.0 Å². The maximum atomic E-state index is 13.2. The summed E-state index contributed by atoms with van der Waals surface area (Å²) in [7, 11) is 1.82. The second-order valence-electron chi connectivity index (χ2n) is 8.51. The zero-order chi connectivity index (χ0) is 22.4. The number of hydrogen-bond acceptors (Lipinski definition) is 4. The minimum Gasteiger partial charge on any atom is -0.382 e. The molecule has 1 saturated heterocycles. The number of guanidine groups is 1. The van der Waals surface area contributed by atoms with E-state index in [9.17, 15) is 9.65 Å². The van der Waals surface area contributed by atoms with Gasteiger partial charge in [0.2, 0.25) is 0 Å². The van der Waals surface area contributed by atoms with E-state index in [0.29, 0.717) is 23.4 Å². The van der Waals surface area contributed by atoms with Crippen molar-refractivity contribution in [3.8, 4) is 11.8 Å². The molecule has 174 valence electrons. The summed E-state index contributed by atoms with van der Waals surface area (Å²) in [4.78, 5) is 6.76. The van der Waals surface area contributed by atoms with Crippen molar-refractivity contribution < 1.29 is 4.39 Å². The van der Waals surface area contributed by atoms with E-state index >= 15 is 0 Å². The second-order valence-corrected chi connectivity index (χ2v) is 8.51. The molecular formula is C23H33FIN7. The molecule has 0 bridgehead atoms. The Balaban J connectivity index is 0.00000363. The third kappa shape index (κ3) is 6.34. The first kappa shape index (κ1) is 25.9. The molecule has 1 atom stereocenters. The molecule has 0 spiro atoms. The number of nitrogens with one attached hydrogen (secondary N) is 1. The Kier molecular flexibility index (Phi) is 9.75. The Morgan fingerprint density at radius 3 is 2.72 bits per heavy atom. The summed E-state index contributed by atoms with van der Waals surface area (Å²) in [6, 6.07) is 8.04. The first-order valence-electron chi connectivity index (χ1n) is 10.9. The topological polar surface area (TPSA) is 95.3 Å². The van der Waals surface area contributed by atoms with Gasteiger partial charge in [-0.2, -0.15) is 10.4 Å². The van der Waals surface area contributed by atoms with E-state index in [0.717, 1.165) is 43.9 Å². The fourth-order valence-corrected chi connectivity index (χ4v) is 4.23.